The number of aromatic hydroxyl groups is 1. The Morgan fingerprint density at radius 1 is 1.10 bits per heavy atom. The van der Waals surface area contributed by atoms with Gasteiger partial charge in [-0.1, -0.05) is 18.2 Å². The number of benzene rings is 1. The molecule has 0 saturated heterocycles. The van der Waals surface area contributed by atoms with Crippen molar-refractivity contribution >= 4 is 22.6 Å². The lowest BCUT2D eigenvalue weighted by atomic mass is 10.3. The predicted octanol–water partition coefficient (Wildman–Crippen LogP) is 1.98. The van der Waals surface area contributed by atoms with Crippen LogP contribution in [0, 0.1) is 0 Å². The molecule has 0 atom stereocenters. The van der Waals surface area contributed by atoms with Crippen molar-refractivity contribution in [1.82, 2.24) is 0 Å². The lowest BCUT2D eigenvalue weighted by molar-refractivity contribution is 0.475. The SMILES string of the molecule is O=P.Oc1ccccc1.S. The quantitative estimate of drug-likeness (QED) is 0.613. The van der Waals surface area contributed by atoms with Crippen LogP contribution in [-0.4, -0.2) is 5.11 Å². The zero-order valence-electron chi connectivity index (χ0n) is 5.24. The summed E-state index contributed by atoms with van der Waals surface area (Å²) >= 11 is 0. The summed E-state index contributed by atoms with van der Waals surface area (Å²) in [5.74, 6) is 0.322. The second-order valence-electron chi connectivity index (χ2n) is 1.34. The van der Waals surface area contributed by atoms with E-state index in [1.165, 1.54) is 0 Å². The molecule has 56 valence electrons. The zero-order valence-corrected chi connectivity index (χ0v) is 7.24. The highest BCUT2D eigenvalue weighted by Gasteiger charge is 1.74. The van der Waals surface area contributed by atoms with Crippen molar-refractivity contribution in [3.8, 4) is 5.75 Å². The van der Waals surface area contributed by atoms with Crippen LogP contribution in [0.4, 0.5) is 0 Å². The van der Waals surface area contributed by atoms with Crippen LogP contribution in [-0.2, 0) is 4.57 Å². The van der Waals surface area contributed by atoms with Gasteiger partial charge >= 0.3 is 0 Å². The van der Waals surface area contributed by atoms with Gasteiger partial charge in [0.05, 0.1) is 0 Å². The van der Waals surface area contributed by atoms with E-state index < -0.39 is 0 Å². The highest BCUT2D eigenvalue weighted by atomic mass is 32.1. The van der Waals surface area contributed by atoms with Crippen LogP contribution in [0.1, 0.15) is 0 Å². The molecule has 0 spiro atoms. The number of hydrogen-bond acceptors (Lipinski definition) is 2. The van der Waals surface area contributed by atoms with Gasteiger partial charge in [-0.3, -0.25) is 4.57 Å². The van der Waals surface area contributed by atoms with E-state index in [0.717, 1.165) is 0 Å². The number of rotatable bonds is 0. The van der Waals surface area contributed by atoms with Crippen molar-refractivity contribution in [3.63, 3.8) is 0 Å². The Bertz CT molecular complexity index is 157. The molecule has 10 heavy (non-hydrogen) atoms. The molecule has 0 aliphatic heterocycles. The molecule has 4 heteroatoms. The highest BCUT2D eigenvalue weighted by Crippen LogP contribution is 2.02. The molecule has 1 N–H and O–H groups in total. The Morgan fingerprint density at radius 2 is 1.50 bits per heavy atom. The number of para-hydroxylation sites is 1. The van der Waals surface area contributed by atoms with Gasteiger partial charge in [-0.25, -0.2) is 0 Å². The minimum absolute atomic E-state index is 0. The largest absolute Gasteiger partial charge is 0.508 e. The van der Waals surface area contributed by atoms with Gasteiger partial charge in [-0.2, -0.15) is 13.5 Å². The first-order valence-electron chi connectivity index (χ1n) is 2.34. The second-order valence-corrected chi connectivity index (χ2v) is 1.34. The van der Waals surface area contributed by atoms with Crippen molar-refractivity contribution < 1.29 is 9.67 Å². The van der Waals surface area contributed by atoms with Crippen molar-refractivity contribution in [1.29, 1.82) is 0 Å². The summed E-state index contributed by atoms with van der Waals surface area (Å²) in [6.07, 6.45) is 0. The average Bonchev–Trinajstić information content (AvgIpc) is 1.94. The van der Waals surface area contributed by atoms with Crippen LogP contribution in [0.5, 0.6) is 5.75 Å². The van der Waals surface area contributed by atoms with Gasteiger partial charge in [-0.15, -0.1) is 0 Å². The molecule has 0 fully saturated rings. The van der Waals surface area contributed by atoms with Crippen molar-refractivity contribution in [3.05, 3.63) is 30.3 Å². The number of hydrogen-bond donors (Lipinski definition) is 1. The number of phenolic OH excluding ortho intramolecular Hbond substituents is 1. The van der Waals surface area contributed by atoms with Crippen LogP contribution in [0.25, 0.3) is 0 Å². The standard InChI is InChI=1S/C6H6O.HOP.H2S/c7-6-4-2-1-3-5-6;1-2;/h1-5,7H;2H;1H2. The van der Waals surface area contributed by atoms with E-state index in [1.807, 2.05) is 6.07 Å². The minimum Gasteiger partial charge on any atom is -0.508 e. The van der Waals surface area contributed by atoms with Crippen LogP contribution in [0.2, 0.25) is 0 Å². The van der Waals surface area contributed by atoms with E-state index in [4.69, 9.17) is 9.67 Å². The van der Waals surface area contributed by atoms with E-state index in [2.05, 4.69) is 0 Å². The molecule has 0 amide bonds. The molecule has 1 aromatic rings. The lowest BCUT2D eigenvalue weighted by Crippen LogP contribution is -1.56. The van der Waals surface area contributed by atoms with Gasteiger partial charge in [0, 0.05) is 0 Å². The average molecular weight is 176 g/mol. The molecule has 0 saturated carbocycles. The Kier molecular flexibility index (Phi) is 10.3. The van der Waals surface area contributed by atoms with Crippen molar-refractivity contribution in [2.75, 3.05) is 0 Å². The molecule has 2 nitrogen and oxygen atoms in total. The highest BCUT2D eigenvalue weighted by molar-refractivity contribution is 7.59. The first-order valence-corrected chi connectivity index (χ1v) is 2.75. The van der Waals surface area contributed by atoms with E-state index in [0.29, 0.717) is 5.75 Å². The molecule has 0 radical (unpaired) electrons. The van der Waals surface area contributed by atoms with Gasteiger partial charge < -0.3 is 5.11 Å². The molecular weight excluding hydrogens is 167 g/mol. The van der Waals surface area contributed by atoms with Gasteiger partial charge in [0.25, 0.3) is 0 Å². The molecular formula is C6H9O2PS. The third kappa shape index (κ3) is 5.60. The fraction of sp³-hybridized carbons (Fsp3) is 0. The first-order chi connectivity index (χ1) is 4.39. The van der Waals surface area contributed by atoms with E-state index in [1.54, 1.807) is 33.4 Å². The van der Waals surface area contributed by atoms with Crippen molar-refractivity contribution in [2.24, 2.45) is 0 Å². The Labute approximate surface area is 69.0 Å². The first kappa shape index (κ1) is 12.2. The topological polar surface area (TPSA) is 37.3 Å². The maximum Gasteiger partial charge on any atom is 0.138 e. The Morgan fingerprint density at radius 3 is 1.70 bits per heavy atom. The molecule has 0 aromatic heterocycles. The van der Waals surface area contributed by atoms with E-state index >= 15 is 0 Å². The van der Waals surface area contributed by atoms with E-state index in [-0.39, 0.29) is 13.5 Å². The monoisotopic (exact) mass is 176 g/mol. The molecule has 0 bridgehead atoms. The summed E-state index contributed by atoms with van der Waals surface area (Å²) in [5, 5.41) is 8.63. The maximum atomic E-state index is 8.63. The summed E-state index contributed by atoms with van der Waals surface area (Å²) < 4.78 is 8.06. The van der Waals surface area contributed by atoms with E-state index in [9.17, 15) is 0 Å². The van der Waals surface area contributed by atoms with Crippen molar-refractivity contribution in [2.45, 2.75) is 0 Å². The zero-order chi connectivity index (χ0) is 7.11. The third-order valence-electron chi connectivity index (χ3n) is 0.756. The van der Waals surface area contributed by atoms with Gasteiger partial charge in [0.2, 0.25) is 0 Å². The normalized spacial score (nSPS) is 6.40. The van der Waals surface area contributed by atoms with Gasteiger partial charge in [0.1, 0.15) is 14.9 Å². The molecule has 1 aromatic carbocycles. The fourth-order valence-electron chi connectivity index (χ4n) is 0.428. The summed E-state index contributed by atoms with van der Waals surface area (Å²) in [6.45, 7) is 0. The maximum absolute atomic E-state index is 8.63. The van der Waals surface area contributed by atoms with Crippen LogP contribution < -0.4 is 0 Å². The molecule has 0 heterocycles. The molecule has 0 aliphatic carbocycles. The smallest absolute Gasteiger partial charge is 0.138 e. The number of phenols is 1. The predicted molar refractivity (Wildman–Crippen MR) is 47.5 cm³/mol. The second kappa shape index (κ2) is 8.47. The van der Waals surface area contributed by atoms with Gasteiger partial charge in [0.15, 0.2) is 0 Å². The minimum atomic E-state index is 0. The molecule has 1 rings (SSSR count). The van der Waals surface area contributed by atoms with Crippen LogP contribution in [0.3, 0.4) is 0 Å². The lowest BCUT2D eigenvalue weighted by Gasteiger charge is -1.82. The van der Waals surface area contributed by atoms with Crippen LogP contribution >= 0.6 is 22.6 Å². The van der Waals surface area contributed by atoms with Gasteiger partial charge in [-0.05, 0) is 12.1 Å². The Balaban J connectivity index is 0. The summed E-state index contributed by atoms with van der Waals surface area (Å²) in [5.41, 5.74) is 0. The fourth-order valence-corrected chi connectivity index (χ4v) is 0.428. The Hall–Kier alpha value is -0.530. The summed E-state index contributed by atoms with van der Waals surface area (Å²) in [7, 11) is 1.72. The summed E-state index contributed by atoms with van der Waals surface area (Å²) in [6, 6.07) is 8.71. The molecule has 0 aliphatic rings. The van der Waals surface area contributed by atoms with Crippen LogP contribution in [0.15, 0.2) is 30.3 Å². The summed E-state index contributed by atoms with van der Waals surface area (Å²) in [4.78, 5) is 0. The third-order valence-corrected chi connectivity index (χ3v) is 0.756. The molecule has 0 unspecified atom stereocenters.